The Morgan fingerprint density at radius 2 is 1.96 bits per heavy atom. The topological polar surface area (TPSA) is 79.5 Å². The van der Waals surface area contributed by atoms with Crippen molar-refractivity contribution in [3.05, 3.63) is 58.6 Å². The molecule has 134 valence electrons. The number of anilines is 1. The largest absolute Gasteiger partial charge is 0.495 e. The smallest absolute Gasteiger partial charge is 0.320 e. The maximum Gasteiger partial charge on any atom is 0.320 e. The highest BCUT2D eigenvalue weighted by molar-refractivity contribution is 6.31. The third-order valence-electron chi connectivity index (χ3n) is 3.37. The second kappa shape index (κ2) is 9.35. The summed E-state index contributed by atoms with van der Waals surface area (Å²) in [5.41, 5.74) is 1.52. The molecule has 0 fully saturated rings. The standard InChI is InChI=1S/C19H18ClN3O3/c1-21-18(24)15-8-4-3-6-13(15)7-5-11-22-19(25)23-16-12-14(20)9-10-17(16)26-2/h3-4,6,8-10,12H,11H2,1-2H3,(H,21,24)(H2,22,23,25). The monoisotopic (exact) mass is 371 g/mol. The van der Waals surface area contributed by atoms with Gasteiger partial charge in [-0.05, 0) is 30.3 Å². The molecule has 0 aromatic heterocycles. The van der Waals surface area contributed by atoms with Crippen LogP contribution in [0.1, 0.15) is 15.9 Å². The van der Waals surface area contributed by atoms with E-state index in [-0.39, 0.29) is 12.5 Å². The first kappa shape index (κ1) is 19.2. The summed E-state index contributed by atoms with van der Waals surface area (Å²) in [7, 11) is 3.06. The maximum atomic E-state index is 12.0. The van der Waals surface area contributed by atoms with Crippen LogP contribution in [0.5, 0.6) is 5.75 Å². The average molecular weight is 372 g/mol. The van der Waals surface area contributed by atoms with E-state index in [1.807, 2.05) is 0 Å². The van der Waals surface area contributed by atoms with E-state index in [1.165, 1.54) is 7.11 Å². The highest BCUT2D eigenvalue weighted by Crippen LogP contribution is 2.27. The molecule has 0 aliphatic rings. The summed E-state index contributed by atoms with van der Waals surface area (Å²) in [5, 5.41) is 8.30. The zero-order valence-corrected chi connectivity index (χ0v) is 15.1. The van der Waals surface area contributed by atoms with Crippen LogP contribution in [0.15, 0.2) is 42.5 Å². The van der Waals surface area contributed by atoms with Gasteiger partial charge in [-0.15, -0.1) is 0 Å². The maximum absolute atomic E-state index is 12.0. The minimum Gasteiger partial charge on any atom is -0.495 e. The van der Waals surface area contributed by atoms with E-state index in [0.717, 1.165) is 0 Å². The molecule has 3 N–H and O–H groups in total. The molecule has 0 radical (unpaired) electrons. The zero-order valence-electron chi connectivity index (χ0n) is 14.4. The van der Waals surface area contributed by atoms with E-state index in [9.17, 15) is 9.59 Å². The number of amides is 3. The van der Waals surface area contributed by atoms with Crippen molar-refractivity contribution in [2.45, 2.75) is 0 Å². The third-order valence-corrected chi connectivity index (χ3v) is 3.60. The van der Waals surface area contributed by atoms with E-state index in [0.29, 0.717) is 27.6 Å². The second-order valence-corrected chi connectivity index (χ2v) is 5.52. The van der Waals surface area contributed by atoms with Gasteiger partial charge in [-0.1, -0.05) is 35.6 Å². The van der Waals surface area contributed by atoms with Crippen molar-refractivity contribution >= 4 is 29.2 Å². The van der Waals surface area contributed by atoms with Crippen molar-refractivity contribution < 1.29 is 14.3 Å². The molecule has 0 saturated carbocycles. The molecule has 6 nitrogen and oxygen atoms in total. The number of benzene rings is 2. The normalized spacial score (nSPS) is 9.50. The molecule has 0 aliphatic heterocycles. The highest BCUT2D eigenvalue weighted by atomic mass is 35.5. The Balaban J connectivity index is 1.97. The molecule has 0 unspecified atom stereocenters. The first-order chi connectivity index (χ1) is 12.5. The number of carbonyl (C=O) groups is 2. The predicted octanol–water partition coefficient (Wildman–Crippen LogP) is 2.88. The van der Waals surface area contributed by atoms with Gasteiger partial charge in [-0.3, -0.25) is 4.79 Å². The number of hydrogen-bond donors (Lipinski definition) is 3. The molecule has 2 rings (SSSR count). The number of methoxy groups -OCH3 is 1. The summed E-state index contributed by atoms with van der Waals surface area (Å²) in [4.78, 5) is 23.8. The summed E-state index contributed by atoms with van der Waals surface area (Å²) < 4.78 is 5.16. The van der Waals surface area contributed by atoms with Crippen molar-refractivity contribution in [2.24, 2.45) is 0 Å². The van der Waals surface area contributed by atoms with Gasteiger partial charge in [0.25, 0.3) is 5.91 Å². The van der Waals surface area contributed by atoms with E-state index < -0.39 is 6.03 Å². The lowest BCUT2D eigenvalue weighted by Crippen LogP contribution is -2.29. The van der Waals surface area contributed by atoms with Crippen LogP contribution >= 0.6 is 11.6 Å². The Kier molecular flexibility index (Phi) is 6.89. The molecule has 0 bridgehead atoms. The van der Waals surface area contributed by atoms with Gasteiger partial charge in [0, 0.05) is 17.6 Å². The number of hydrogen-bond acceptors (Lipinski definition) is 3. The van der Waals surface area contributed by atoms with Crippen molar-refractivity contribution in [3.8, 4) is 17.6 Å². The first-order valence-corrected chi connectivity index (χ1v) is 8.11. The van der Waals surface area contributed by atoms with Crippen LogP contribution < -0.4 is 20.7 Å². The van der Waals surface area contributed by atoms with Crippen molar-refractivity contribution in [1.82, 2.24) is 10.6 Å². The Morgan fingerprint density at radius 1 is 1.19 bits per heavy atom. The first-order valence-electron chi connectivity index (χ1n) is 7.73. The van der Waals surface area contributed by atoms with E-state index in [4.69, 9.17) is 16.3 Å². The highest BCUT2D eigenvalue weighted by Gasteiger charge is 2.08. The van der Waals surface area contributed by atoms with Crippen LogP contribution in [0.4, 0.5) is 10.5 Å². The Hall–Kier alpha value is -3.17. The lowest BCUT2D eigenvalue weighted by molar-refractivity contribution is 0.0963. The van der Waals surface area contributed by atoms with Crippen molar-refractivity contribution in [3.63, 3.8) is 0 Å². The summed E-state index contributed by atoms with van der Waals surface area (Å²) in [6, 6.07) is 11.5. The quantitative estimate of drug-likeness (QED) is 0.723. The molecule has 0 atom stereocenters. The van der Waals surface area contributed by atoms with Gasteiger partial charge in [0.1, 0.15) is 5.75 Å². The van der Waals surface area contributed by atoms with Crippen LogP contribution in [0.2, 0.25) is 5.02 Å². The van der Waals surface area contributed by atoms with Crippen LogP contribution in [0.25, 0.3) is 0 Å². The minimum atomic E-state index is -0.445. The van der Waals surface area contributed by atoms with Crippen molar-refractivity contribution in [2.75, 3.05) is 26.0 Å². The van der Waals surface area contributed by atoms with Gasteiger partial charge in [-0.2, -0.15) is 0 Å². The van der Waals surface area contributed by atoms with Gasteiger partial charge < -0.3 is 20.7 Å². The molecule has 3 amide bonds. The SMILES string of the molecule is CNC(=O)c1ccccc1C#CCNC(=O)Nc1cc(Cl)ccc1OC. The van der Waals surface area contributed by atoms with Crippen LogP contribution in [-0.2, 0) is 0 Å². The van der Waals surface area contributed by atoms with Gasteiger partial charge >= 0.3 is 6.03 Å². The molecule has 0 aliphatic carbocycles. The molecule has 0 heterocycles. The Bertz CT molecular complexity index is 872. The number of halogens is 1. The zero-order chi connectivity index (χ0) is 18.9. The lowest BCUT2D eigenvalue weighted by Gasteiger charge is -2.10. The van der Waals surface area contributed by atoms with E-state index in [2.05, 4.69) is 27.8 Å². The summed E-state index contributed by atoms with van der Waals surface area (Å²) in [6.45, 7) is 0.108. The molecule has 0 saturated heterocycles. The van der Waals surface area contributed by atoms with Gasteiger partial charge in [0.05, 0.1) is 24.9 Å². The Morgan fingerprint density at radius 3 is 2.69 bits per heavy atom. The fourth-order valence-electron chi connectivity index (χ4n) is 2.13. The molecule has 2 aromatic rings. The van der Waals surface area contributed by atoms with E-state index >= 15 is 0 Å². The van der Waals surface area contributed by atoms with E-state index in [1.54, 1.807) is 49.5 Å². The van der Waals surface area contributed by atoms with Gasteiger partial charge in [0.2, 0.25) is 0 Å². The molecule has 2 aromatic carbocycles. The number of rotatable bonds is 4. The molecular weight excluding hydrogens is 354 g/mol. The number of nitrogens with one attached hydrogen (secondary N) is 3. The molecular formula is C19H18ClN3O3. The molecule has 7 heteroatoms. The number of urea groups is 1. The number of carbonyl (C=O) groups excluding carboxylic acids is 2. The van der Waals surface area contributed by atoms with Crippen molar-refractivity contribution in [1.29, 1.82) is 0 Å². The second-order valence-electron chi connectivity index (χ2n) is 5.08. The fraction of sp³-hybridized carbons (Fsp3) is 0.158. The summed E-state index contributed by atoms with van der Waals surface area (Å²) >= 11 is 5.92. The minimum absolute atomic E-state index is 0.108. The molecule has 0 spiro atoms. The third kappa shape index (κ3) is 5.16. The van der Waals surface area contributed by atoms with Crippen LogP contribution in [0, 0.1) is 11.8 Å². The fourth-order valence-corrected chi connectivity index (χ4v) is 2.31. The molecule has 26 heavy (non-hydrogen) atoms. The Labute approximate surface area is 156 Å². The van der Waals surface area contributed by atoms with Crippen LogP contribution in [-0.4, -0.2) is 32.6 Å². The summed E-state index contributed by atoms with van der Waals surface area (Å²) in [5.74, 6) is 5.98. The lowest BCUT2D eigenvalue weighted by atomic mass is 10.1. The average Bonchev–Trinajstić information content (AvgIpc) is 2.65. The van der Waals surface area contributed by atoms with Gasteiger partial charge in [-0.25, -0.2) is 4.79 Å². The van der Waals surface area contributed by atoms with Crippen LogP contribution in [0.3, 0.4) is 0 Å². The summed E-state index contributed by atoms with van der Waals surface area (Å²) in [6.07, 6.45) is 0. The predicted molar refractivity (Wildman–Crippen MR) is 102 cm³/mol. The van der Waals surface area contributed by atoms with Gasteiger partial charge in [0.15, 0.2) is 0 Å². The number of ether oxygens (including phenoxy) is 1.